The minimum absolute atomic E-state index is 0.0225. The number of hydrogen-bond acceptors (Lipinski definition) is 3. The van der Waals surface area contributed by atoms with Gasteiger partial charge in [-0.3, -0.25) is 4.79 Å². The Kier molecular flexibility index (Phi) is 8.78. The zero-order valence-corrected chi connectivity index (χ0v) is 20.7. The number of halogens is 2. The van der Waals surface area contributed by atoms with Crippen LogP contribution in [0.15, 0.2) is 66.7 Å². The van der Waals surface area contributed by atoms with Crippen LogP contribution >= 0.6 is 11.6 Å². The molecule has 184 valence electrons. The third-order valence-electron chi connectivity index (χ3n) is 6.30. The first-order valence-corrected chi connectivity index (χ1v) is 12.5. The molecule has 0 radical (unpaired) electrons. The molecular formula is C29H31ClFNO3. The minimum Gasteiger partial charge on any atom is -0.490 e. The fraction of sp³-hybridized carbons (Fsp3) is 0.345. The number of hydrogen-bond donors (Lipinski definition) is 1. The van der Waals surface area contributed by atoms with Gasteiger partial charge < -0.3 is 14.8 Å². The van der Waals surface area contributed by atoms with Crippen molar-refractivity contribution < 1.29 is 18.7 Å². The molecule has 6 heteroatoms. The monoisotopic (exact) mass is 495 g/mol. The van der Waals surface area contributed by atoms with E-state index in [-0.39, 0.29) is 23.9 Å². The molecule has 0 atom stereocenters. The van der Waals surface area contributed by atoms with Crippen molar-refractivity contribution in [2.45, 2.75) is 57.8 Å². The number of nitrogens with one attached hydrogen (secondary N) is 1. The zero-order chi connectivity index (χ0) is 24.6. The zero-order valence-electron chi connectivity index (χ0n) is 19.9. The first kappa shape index (κ1) is 25.2. The van der Waals surface area contributed by atoms with Crippen LogP contribution in [0.1, 0.15) is 43.7 Å². The van der Waals surface area contributed by atoms with Gasteiger partial charge in [0.25, 0.3) is 0 Å². The number of rotatable bonds is 9. The van der Waals surface area contributed by atoms with Gasteiger partial charge >= 0.3 is 0 Å². The molecule has 0 aliphatic heterocycles. The molecule has 0 saturated heterocycles. The minimum atomic E-state index is -0.315. The van der Waals surface area contributed by atoms with Crippen molar-refractivity contribution in [2.24, 2.45) is 0 Å². The van der Waals surface area contributed by atoms with Gasteiger partial charge in [-0.15, -0.1) is 0 Å². The Labute approximate surface area is 211 Å². The normalized spacial score (nSPS) is 17.7. The topological polar surface area (TPSA) is 47.6 Å². The summed E-state index contributed by atoms with van der Waals surface area (Å²) >= 11 is 6.06. The van der Waals surface area contributed by atoms with Gasteiger partial charge in [-0.1, -0.05) is 54.1 Å². The molecule has 0 heterocycles. The summed E-state index contributed by atoms with van der Waals surface area (Å²) in [6.45, 7) is 2.39. The van der Waals surface area contributed by atoms with Crippen molar-refractivity contribution in [3.8, 4) is 16.9 Å². The van der Waals surface area contributed by atoms with Gasteiger partial charge in [0.05, 0.1) is 18.8 Å². The maximum absolute atomic E-state index is 15.2. The Morgan fingerprint density at radius 1 is 1.00 bits per heavy atom. The van der Waals surface area contributed by atoms with Crippen molar-refractivity contribution >= 4 is 17.5 Å². The van der Waals surface area contributed by atoms with Crippen LogP contribution in [0.4, 0.5) is 4.39 Å². The van der Waals surface area contributed by atoms with Gasteiger partial charge in [-0.25, -0.2) is 4.39 Å². The molecule has 4 nitrogen and oxygen atoms in total. The van der Waals surface area contributed by atoms with E-state index >= 15 is 4.39 Å². The SMILES string of the molecule is CC(=O)NCCc1c(F)cc(OC2CCC(OCc3cccc(Cl)c3)CC2)cc1-c1ccccc1. The van der Waals surface area contributed by atoms with E-state index in [9.17, 15) is 4.79 Å². The van der Waals surface area contributed by atoms with Crippen molar-refractivity contribution in [1.82, 2.24) is 5.32 Å². The second kappa shape index (κ2) is 12.2. The Bertz CT molecular complexity index is 1130. The summed E-state index contributed by atoms with van der Waals surface area (Å²) in [5, 5.41) is 3.47. The standard InChI is InChI=1S/C29H31ClFNO3/c1-20(33)32-15-14-27-28(22-7-3-2-4-8-22)17-26(18-29(27)31)35-25-12-10-24(11-13-25)34-19-21-6-5-9-23(30)16-21/h2-9,16-18,24-25H,10-15,19H2,1H3,(H,32,33). The average Bonchev–Trinajstić information content (AvgIpc) is 2.85. The van der Waals surface area contributed by atoms with E-state index in [4.69, 9.17) is 21.1 Å². The fourth-order valence-corrected chi connectivity index (χ4v) is 4.74. The van der Waals surface area contributed by atoms with E-state index in [0.717, 1.165) is 42.4 Å². The first-order valence-electron chi connectivity index (χ1n) is 12.1. The highest BCUT2D eigenvalue weighted by molar-refractivity contribution is 6.30. The van der Waals surface area contributed by atoms with Gasteiger partial charge in [-0.05, 0) is 72.6 Å². The van der Waals surface area contributed by atoms with Crippen LogP contribution in [0.3, 0.4) is 0 Å². The van der Waals surface area contributed by atoms with Crippen LogP contribution in [0.2, 0.25) is 5.02 Å². The summed E-state index contributed by atoms with van der Waals surface area (Å²) in [6, 6.07) is 20.8. The lowest BCUT2D eigenvalue weighted by molar-refractivity contribution is -0.118. The first-order chi connectivity index (χ1) is 17.0. The molecule has 0 aromatic heterocycles. The maximum atomic E-state index is 15.2. The van der Waals surface area contributed by atoms with Crippen molar-refractivity contribution in [1.29, 1.82) is 0 Å². The molecule has 1 aliphatic rings. The predicted octanol–water partition coefficient (Wildman–Crippen LogP) is 6.73. The van der Waals surface area contributed by atoms with Crippen LogP contribution in [0.25, 0.3) is 11.1 Å². The van der Waals surface area contributed by atoms with Crippen LogP contribution in [0.5, 0.6) is 5.75 Å². The van der Waals surface area contributed by atoms with E-state index in [2.05, 4.69) is 5.32 Å². The lowest BCUT2D eigenvalue weighted by atomic mass is 9.94. The molecule has 1 fully saturated rings. The lowest BCUT2D eigenvalue weighted by Crippen LogP contribution is -2.28. The molecule has 35 heavy (non-hydrogen) atoms. The quantitative estimate of drug-likeness (QED) is 0.358. The molecule has 1 saturated carbocycles. The van der Waals surface area contributed by atoms with Gasteiger partial charge in [-0.2, -0.15) is 0 Å². The van der Waals surface area contributed by atoms with Gasteiger partial charge in [0.2, 0.25) is 5.91 Å². The summed E-state index contributed by atoms with van der Waals surface area (Å²) in [7, 11) is 0. The Balaban J connectivity index is 1.39. The number of amides is 1. The third kappa shape index (κ3) is 7.30. The van der Waals surface area contributed by atoms with Gasteiger partial charge in [0, 0.05) is 24.6 Å². The highest BCUT2D eigenvalue weighted by Gasteiger charge is 2.24. The van der Waals surface area contributed by atoms with E-state index in [1.165, 1.54) is 13.0 Å². The van der Waals surface area contributed by atoms with Crippen molar-refractivity contribution in [3.05, 3.63) is 88.7 Å². The molecule has 4 rings (SSSR count). The predicted molar refractivity (Wildman–Crippen MR) is 137 cm³/mol. The van der Waals surface area contributed by atoms with Crippen LogP contribution in [-0.2, 0) is 22.6 Å². The molecule has 1 amide bonds. The van der Waals surface area contributed by atoms with E-state index in [1.54, 1.807) is 0 Å². The van der Waals surface area contributed by atoms with Crippen molar-refractivity contribution in [3.63, 3.8) is 0 Å². The Hall–Kier alpha value is -2.89. The van der Waals surface area contributed by atoms with Crippen LogP contribution in [0, 0.1) is 5.82 Å². The Morgan fingerprint density at radius 2 is 1.74 bits per heavy atom. The second-order valence-corrected chi connectivity index (χ2v) is 9.42. The highest BCUT2D eigenvalue weighted by Crippen LogP contribution is 2.33. The van der Waals surface area contributed by atoms with Crippen LogP contribution in [-0.4, -0.2) is 24.7 Å². The maximum Gasteiger partial charge on any atom is 0.216 e. The van der Waals surface area contributed by atoms with Gasteiger partial charge in [0.15, 0.2) is 0 Å². The third-order valence-corrected chi connectivity index (χ3v) is 6.54. The number of ether oxygens (including phenoxy) is 2. The molecule has 3 aromatic rings. The average molecular weight is 496 g/mol. The van der Waals surface area contributed by atoms with Crippen LogP contribution < -0.4 is 10.1 Å². The largest absolute Gasteiger partial charge is 0.490 e. The molecule has 0 spiro atoms. The molecule has 3 aromatic carbocycles. The molecule has 1 N–H and O–H groups in total. The fourth-order valence-electron chi connectivity index (χ4n) is 4.52. The molecule has 0 unspecified atom stereocenters. The van der Waals surface area contributed by atoms with E-state index < -0.39 is 0 Å². The van der Waals surface area contributed by atoms with E-state index in [0.29, 0.717) is 35.9 Å². The smallest absolute Gasteiger partial charge is 0.216 e. The molecular weight excluding hydrogens is 465 g/mol. The Morgan fingerprint density at radius 3 is 2.46 bits per heavy atom. The molecule has 0 bridgehead atoms. The number of carbonyl (C=O) groups is 1. The summed E-state index contributed by atoms with van der Waals surface area (Å²) in [5.41, 5.74) is 3.37. The van der Waals surface area contributed by atoms with E-state index in [1.807, 2.05) is 60.7 Å². The second-order valence-electron chi connectivity index (χ2n) is 8.99. The highest BCUT2D eigenvalue weighted by atomic mass is 35.5. The summed E-state index contributed by atoms with van der Waals surface area (Å²) in [6.07, 6.45) is 4.11. The van der Waals surface area contributed by atoms with Crippen molar-refractivity contribution in [2.75, 3.05) is 6.54 Å². The number of benzene rings is 3. The summed E-state index contributed by atoms with van der Waals surface area (Å²) < 4.78 is 27.5. The van der Waals surface area contributed by atoms with Gasteiger partial charge in [0.1, 0.15) is 11.6 Å². The summed E-state index contributed by atoms with van der Waals surface area (Å²) in [4.78, 5) is 11.3. The lowest BCUT2D eigenvalue weighted by Gasteiger charge is -2.29. The molecule has 1 aliphatic carbocycles. The summed E-state index contributed by atoms with van der Waals surface area (Å²) in [5.74, 6) is 0.0944. The number of carbonyl (C=O) groups excluding carboxylic acids is 1.